The molecule has 0 aliphatic rings. The topological polar surface area (TPSA) is 71.0 Å². The first-order chi connectivity index (χ1) is 10.2. The fraction of sp³-hybridized carbons (Fsp3) is 0.533. The third-order valence-electron chi connectivity index (χ3n) is 3.10. The first kappa shape index (κ1) is 16.9. The summed E-state index contributed by atoms with van der Waals surface area (Å²) in [7, 11) is 0. The van der Waals surface area contributed by atoms with Crippen LogP contribution in [0.3, 0.4) is 0 Å². The van der Waals surface area contributed by atoms with Gasteiger partial charge in [0.25, 0.3) is 0 Å². The second-order valence-electron chi connectivity index (χ2n) is 4.60. The van der Waals surface area contributed by atoms with Crippen molar-refractivity contribution in [3.63, 3.8) is 0 Å². The molecule has 116 valence electrons. The van der Waals surface area contributed by atoms with Crippen LogP contribution in [0.2, 0.25) is 0 Å². The summed E-state index contributed by atoms with van der Waals surface area (Å²) in [6, 6.07) is 7.01. The van der Waals surface area contributed by atoms with Crippen LogP contribution in [-0.4, -0.2) is 32.3 Å². The van der Waals surface area contributed by atoms with Crippen molar-refractivity contribution in [2.45, 2.75) is 26.7 Å². The minimum Gasteiger partial charge on any atom is -0.448 e. The molecule has 0 fully saturated rings. The number of carbonyl (C=O) groups is 1. The van der Waals surface area contributed by atoms with E-state index in [9.17, 15) is 9.70 Å². The summed E-state index contributed by atoms with van der Waals surface area (Å²) < 4.78 is 5.13. The van der Waals surface area contributed by atoms with Gasteiger partial charge in [-0.15, -0.1) is 4.91 Å². The number of anilines is 1. The quantitative estimate of drug-likeness (QED) is 0.559. The molecule has 0 saturated carbocycles. The molecule has 0 spiro atoms. The molecular weight excluding hydrogens is 270 g/mol. The Kier molecular flexibility index (Phi) is 7.86. The summed E-state index contributed by atoms with van der Waals surface area (Å²) in [6.07, 6.45) is 1.61. The number of likely N-dealkylation sites (N-methyl/N-ethyl adjacent to an activating group) is 1. The van der Waals surface area contributed by atoms with Crippen molar-refractivity contribution < 1.29 is 9.53 Å². The maximum absolute atomic E-state index is 11.4. The molecule has 1 rings (SSSR count). The van der Waals surface area contributed by atoms with Crippen LogP contribution >= 0.6 is 0 Å². The summed E-state index contributed by atoms with van der Waals surface area (Å²) in [6.45, 7) is 6.44. The van der Waals surface area contributed by atoms with E-state index in [0.717, 1.165) is 25.1 Å². The highest BCUT2D eigenvalue weighted by molar-refractivity contribution is 5.67. The SMILES string of the molecule is CCCCNC(=O)OCCN(CC)c1ccc(N=O)cc1. The molecule has 0 aromatic heterocycles. The lowest BCUT2D eigenvalue weighted by Crippen LogP contribution is -2.31. The average Bonchev–Trinajstić information content (AvgIpc) is 2.52. The predicted octanol–water partition coefficient (Wildman–Crippen LogP) is 3.44. The molecule has 1 aromatic rings. The Hall–Kier alpha value is -2.11. The Labute approximate surface area is 125 Å². The van der Waals surface area contributed by atoms with Gasteiger partial charge in [-0.2, -0.15) is 0 Å². The van der Waals surface area contributed by atoms with Crippen LogP contribution in [0.4, 0.5) is 16.2 Å². The number of amides is 1. The first-order valence-electron chi connectivity index (χ1n) is 7.30. The number of hydrogen-bond acceptors (Lipinski definition) is 5. The maximum Gasteiger partial charge on any atom is 0.407 e. The van der Waals surface area contributed by atoms with E-state index in [1.54, 1.807) is 12.1 Å². The molecule has 0 radical (unpaired) electrons. The van der Waals surface area contributed by atoms with Crippen LogP contribution in [0.25, 0.3) is 0 Å². The van der Waals surface area contributed by atoms with Crippen molar-refractivity contribution in [3.8, 4) is 0 Å². The fourth-order valence-corrected chi connectivity index (χ4v) is 1.86. The smallest absolute Gasteiger partial charge is 0.407 e. The number of hydrogen-bond donors (Lipinski definition) is 1. The van der Waals surface area contributed by atoms with E-state index in [4.69, 9.17) is 4.74 Å². The number of benzene rings is 1. The van der Waals surface area contributed by atoms with Gasteiger partial charge in [-0.3, -0.25) is 0 Å². The Morgan fingerprint density at radius 1 is 1.29 bits per heavy atom. The van der Waals surface area contributed by atoms with Gasteiger partial charge in [-0.1, -0.05) is 13.3 Å². The molecule has 6 heteroatoms. The lowest BCUT2D eigenvalue weighted by molar-refractivity contribution is 0.148. The number of carbonyl (C=O) groups excluding carboxylic acids is 1. The van der Waals surface area contributed by atoms with Crippen molar-refractivity contribution in [1.29, 1.82) is 0 Å². The summed E-state index contributed by atoms with van der Waals surface area (Å²) in [4.78, 5) is 23.9. The molecule has 1 amide bonds. The van der Waals surface area contributed by atoms with Gasteiger partial charge in [0.1, 0.15) is 12.3 Å². The van der Waals surface area contributed by atoms with Gasteiger partial charge in [-0.25, -0.2) is 4.79 Å². The van der Waals surface area contributed by atoms with E-state index in [0.29, 0.717) is 25.4 Å². The summed E-state index contributed by atoms with van der Waals surface area (Å²) in [5, 5.41) is 5.57. The van der Waals surface area contributed by atoms with Crippen molar-refractivity contribution in [1.82, 2.24) is 5.32 Å². The molecule has 1 N–H and O–H groups in total. The highest BCUT2D eigenvalue weighted by atomic mass is 16.5. The van der Waals surface area contributed by atoms with Gasteiger partial charge >= 0.3 is 6.09 Å². The second kappa shape index (κ2) is 9.74. The molecule has 1 aromatic carbocycles. The van der Waals surface area contributed by atoms with E-state index >= 15 is 0 Å². The first-order valence-corrected chi connectivity index (χ1v) is 7.30. The number of unbranched alkanes of at least 4 members (excludes halogenated alkanes) is 1. The average molecular weight is 293 g/mol. The zero-order valence-electron chi connectivity index (χ0n) is 12.7. The van der Waals surface area contributed by atoms with E-state index in [1.807, 2.05) is 19.1 Å². The standard InChI is InChI=1S/C15H23N3O3/c1-3-5-10-16-15(19)21-12-11-18(4-2)14-8-6-13(17-20)7-9-14/h6-9H,3-5,10-12H2,1-2H3,(H,16,19). The fourth-order valence-electron chi connectivity index (χ4n) is 1.86. The van der Waals surface area contributed by atoms with Crippen molar-refractivity contribution in [2.75, 3.05) is 31.1 Å². The zero-order chi connectivity index (χ0) is 15.5. The van der Waals surface area contributed by atoms with Crippen molar-refractivity contribution in [2.24, 2.45) is 5.18 Å². The Balaban J connectivity index is 2.36. The van der Waals surface area contributed by atoms with Crippen molar-refractivity contribution >= 4 is 17.5 Å². The second-order valence-corrected chi connectivity index (χ2v) is 4.60. The Morgan fingerprint density at radius 2 is 2.00 bits per heavy atom. The van der Waals surface area contributed by atoms with Crippen molar-refractivity contribution in [3.05, 3.63) is 29.2 Å². The Morgan fingerprint density at radius 3 is 2.57 bits per heavy atom. The van der Waals surface area contributed by atoms with E-state index in [1.165, 1.54) is 0 Å². The molecule has 6 nitrogen and oxygen atoms in total. The Bertz CT molecular complexity index is 434. The van der Waals surface area contributed by atoms with Gasteiger partial charge < -0.3 is 15.0 Å². The highest BCUT2D eigenvalue weighted by Gasteiger charge is 2.06. The van der Waals surface area contributed by atoms with Gasteiger partial charge in [0, 0.05) is 18.8 Å². The summed E-state index contributed by atoms with van der Waals surface area (Å²) >= 11 is 0. The van der Waals surface area contributed by atoms with Crippen LogP contribution < -0.4 is 10.2 Å². The molecule has 0 aliphatic heterocycles. The zero-order valence-corrected chi connectivity index (χ0v) is 12.7. The molecule has 0 heterocycles. The van der Waals surface area contributed by atoms with E-state index in [2.05, 4.69) is 22.3 Å². The maximum atomic E-state index is 11.4. The minimum absolute atomic E-state index is 0.319. The third-order valence-corrected chi connectivity index (χ3v) is 3.10. The van der Waals surface area contributed by atoms with Crippen LogP contribution in [0.5, 0.6) is 0 Å². The molecule has 0 aliphatic carbocycles. The van der Waals surface area contributed by atoms with E-state index in [-0.39, 0.29) is 6.09 Å². The van der Waals surface area contributed by atoms with Crippen LogP contribution in [0.1, 0.15) is 26.7 Å². The number of ether oxygens (including phenoxy) is 1. The molecule has 0 bridgehead atoms. The molecule has 21 heavy (non-hydrogen) atoms. The third kappa shape index (κ3) is 6.25. The molecular formula is C15H23N3O3. The summed E-state index contributed by atoms with van der Waals surface area (Å²) in [5.41, 5.74) is 1.38. The minimum atomic E-state index is -0.375. The normalized spacial score (nSPS) is 10.0. The van der Waals surface area contributed by atoms with Crippen LogP contribution in [0.15, 0.2) is 29.4 Å². The van der Waals surface area contributed by atoms with Gasteiger partial charge in [0.15, 0.2) is 0 Å². The lowest BCUT2D eigenvalue weighted by atomic mass is 10.2. The molecule has 0 saturated heterocycles. The lowest BCUT2D eigenvalue weighted by Gasteiger charge is -2.22. The number of nitrogens with one attached hydrogen (secondary N) is 1. The number of rotatable bonds is 9. The summed E-state index contributed by atoms with van der Waals surface area (Å²) in [5.74, 6) is 0. The van der Waals surface area contributed by atoms with Gasteiger partial charge in [0.2, 0.25) is 0 Å². The molecule has 0 unspecified atom stereocenters. The van der Waals surface area contributed by atoms with Gasteiger partial charge in [0.05, 0.1) is 6.54 Å². The molecule has 0 atom stereocenters. The number of nitrogens with zero attached hydrogens (tertiary/aromatic N) is 2. The van der Waals surface area contributed by atoms with Crippen LogP contribution in [-0.2, 0) is 4.74 Å². The van der Waals surface area contributed by atoms with Gasteiger partial charge in [-0.05, 0) is 42.8 Å². The highest BCUT2D eigenvalue weighted by Crippen LogP contribution is 2.19. The number of alkyl carbamates (subject to hydrolysis) is 1. The number of nitroso groups, excluding NO2 is 1. The largest absolute Gasteiger partial charge is 0.448 e. The van der Waals surface area contributed by atoms with E-state index < -0.39 is 0 Å². The monoisotopic (exact) mass is 293 g/mol. The predicted molar refractivity (Wildman–Crippen MR) is 84.0 cm³/mol. The van der Waals surface area contributed by atoms with Crippen LogP contribution in [0, 0.1) is 4.91 Å².